The predicted molar refractivity (Wildman–Crippen MR) is 89.4 cm³/mol. The molecule has 5 nitrogen and oxygen atoms in total. The van der Waals surface area contributed by atoms with Crippen molar-refractivity contribution in [3.8, 4) is 5.75 Å². The van der Waals surface area contributed by atoms with Gasteiger partial charge in [0.2, 0.25) is 0 Å². The Bertz CT molecular complexity index is 683. The Morgan fingerprint density at radius 2 is 1.96 bits per heavy atom. The zero-order valence-electron chi connectivity index (χ0n) is 13.8. The first-order chi connectivity index (χ1) is 10.8. The van der Waals surface area contributed by atoms with Crippen LogP contribution < -0.4 is 9.64 Å². The maximum absolute atomic E-state index is 12.7. The van der Waals surface area contributed by atoms with Gasteiger partial charge in [0.25, 0.3) is 0 Å². The number of anilines is 1. The van der Waals surface area contributed by atoms with Gasteiger partial charge in [-0.1, -0.05) is 12.6 Å². The van der Waals surface area contributed by atoms with Crippen LogP contribution in [0, 0.1) is 0 Å². The molecule has 1 heterocycles. The third-order valence-corrected chi connectivity index (χ3v) is 2.96. The van der Waals surface area contributed by atoms with E-state index in [1.807, 2.05) is 20.8 Å². The van der Waals surface area contributed by atoms with Crippen molar-refractivity contribution in [3.63, 3.8) is 0 Å². The standard InChI is InChI=1S/C18H21NO4/c1-13(16-10-7-11-22-16)19(17(20)23-18(2,3)4)14-8-6-9-15(12-14)21-5/h6-12H,1H2,2-5H3. The Labute approximate surface area is 136 Å². The van der Waals surface area contributed by atoms with Crippen molar-refractivity contribution in [2.75, 3.05) is 12.0 Å². The lowest BCUT2D eigenvalue weighted by molar-refractivity contribution is 0.0600. The highest BCUT2D eigenvalue weighted by molar-refractivity contribution is 6.01. The van der Waals surface area contributed by atoms with Gasteiger partial charge in [-0.05, 0) is 45.0 Å². The van der Waals surface area contributed by atoms with Crippen molar-refractivity contribution in [2.45, 2.75) is 26.4 Å². The molecule has 0 bridgehead atoms. The molecule has 0 spiro atoms. The number of rotatable bonds is 4. The average molecular weight is 315 g/mol. The summed E-state index contributed by atoms with van der Waals surface area (Å²) in [6.45, 7) is 9.40. The lowest BCUT2D eigenvalue weighted by Gasteiger charge is -2.28. The summed E-state index contributed by atoms with van der Waals surface area (Å²) in [7, 11) is 1.57. The maximum Gasteiger partial charge on any atom is 0.419 e. The van der Waals surface area contributed by atoms with Crippen molar-refractivity contribution in [3.05, 3.63) is 55.0 Å². The van der Waals surface area contributed by atoms with Gasteiger partial charge in [-0.2, -0.15) is 0 Å². The van der Waals surface area contributed by atoms with Crippen LogP contribution in [0.1, 0.15) is 26.5 Å². The molecule has 2 aromatic rings. The lowest BCUT2D eigenvalue weighted by Crippen LogP contribution is -2.35. The Hall–Kier alpha value is -2.69. The number of benzene rings is 1. The number of ether oxygens (including phenoxy) is 2. The Balaban J connectivity index is 2.42. The third kappa shape index (κ3) is 4.16. The first kappa shape index (κ1) is 16.7. The minimum Gasteiger partial charge on any atom is -0.497 e. The number of carbonyl (C=O) groups excluding carboxylic acids is 1. The van der Waals surface area contributed by atoms with E-state index in [0.29, 0.717) is 22.9 Å². The normalized spacial score (nSPS) is 11.0. The summed E-state index contributed by atoms with van der Waals surface area (Å²) in [5.41, 5.74) is 0.343. The number of hydrogen-bond donors (Lipinski definition) is 0. The summed E-state index contributed by atoms with van der Waals surface area (Å²) in [6, 6.07) is 10.6. The fourth-order valence-electron chi connectivity index (χ4n) is 1.98. The molecule has 0 fully saturated rings. The van der Waals surface area contributed by atoms with Gasteiger partial charge in [0.15, 0.2) is 0 Å². The molecule has 122 valence electrons. The molecular formula is C18H21NO4. The van der Waals surface area contributed by atoms with Crippen molar-refractivity contribution in [2.24, 2.45) is 0 Å². The van der Waals surface area contributed by atoms with Crippen LogP contribution in [0.5, 0.6) is 5.75 Å². The van der Waals surface area contributed by atoms with E-state index in [2.05, 4.69) is 6.58 Å². The topological polar surface area (TPSA) is 51.9 Å². The molecule has 0 atom stereocenters. The highest BCUT2D eigenvalue weighted by Crippen LogP contribution is 2.30. The summed E-state index contributed by atoms with van der Waals surface area (Å²) in [5.74, 6) is 1.11. The summed E-state index contributed by atoms with van der Waals surface area (Å²) >= 11 is 0. The molecule has 0 unspecified atom stereocenters. The monoisotopic (exact) mass is 315 g/mol. The predicted octanol–water partition coefficient (Wildman–Crippen LogP) is 4.70. The summed E-state index contributed by atoms with van der Waals surface area (Å²) < 4.78 is 16.1. The van der Waals surface area contributed by atoms with Gasteiger partial charge in [-0.25, -0.2) is 9.69 Å². The zero-order chi connectivity index (χ0) is 17.0. The van der Waals surface area contributed by atoms with Crippen LogP contribution in [0.25, 0.3) is 5.70 Å². The molecule has 2 rings (SSSR count). The number of amides is 1. The summed E-state index contributed by atoms with van der Waals surface area (Å²) in [4.78, 5) is 14.0. The van der Waals surface area contributed by atoms with Crippen LogP contribution in [0.15, 0.2) is 53.7 Å². The Morgan fingerprint density at radius 3 is 2.52 bits per heavy atom. The van der Waals surface area contributed by atoms with E-state index in [4.69, 9.17) is 13.9 Å². The van der Waals surface area contributed by atoms with Gasteiger partial charge >= 0.3 is 6.09 Å². The van der Waals surface area contributed by atoms with Gasteiger partial charge in [0.1, 0.15) is 17.1 Å². The van der Waals surface area contributed by atoms with Crippen LogP contribution in [0.2, 0.25) is 0 Å². The fraction of sp³-hybridized carbons (Fsp3) is 0.278. The van der Waals surface area contributed by atoms with E-state index in [1.54, 1.807) is 43.5 Å². The summed E-state index contributed by atoms with van der Waals surface area (Å²) in [5, 5.41) is 0. The van der Waals surface area contributed by atoms with Crippen molar-refractivity contribution in [1.29, 1.82) is 0 Å². The van der Waals surface area contributed by atoms with Crippen LogP contribution in [-0.2, 0) is 4.74 Å². The van der Waals surface area contributed by atoms with Crippen LogP contribution in [0.4, 0.5) is 10.5 Å². The number of furan rings is 1. The number of methoxy groups -OCH3 is 1. The maximum atomic E-state index is 12.7. The molecule has 0 saturated carbocycles. The molecule has 1 aromatic heterocycles. The van der Waals surface area contributed by atoms with E-state index in [9.17, 15) is 4.79 Å². The van der Waals surface area contributed by atoms with Crippen LogP contribution in [0.3, 0.4) is 0 Å². The Morgan fingerprint density at radius 1 is 1.22 bits per heavy atom. The second-order valence-corrected chi connectivity index (χ2v) is 5.94. The second-order valence-electron chi connectivity index (χ2n) is 5.94. The first-order valence-electron chi connectivity index (χ1n) is 7.22. The van der Waals surface area contributed by atoms with Gasteiger partial charge in [0, 0.05) is 6.07 Å². The molecular weight excluding hydrogens is 294 g/mol. The molecule has 0 radical (unpaired) electrons. The largest absolute Gasteiger partial charge is 0.497 e. The zero-order valence-corrected chi connectivity index (χ0v) is 13.8. The smallest absolute Gasteiger partial charge is 0.419 e. The highest BCUT2D eigenvalue weighted by atomic mass is 16.6. The molecule has 23 heavy (non-hydrogen) atoms. The van der Waals surface area contributed by atoms with E-state index >= 15 is 0 Å². The van der Waals surface area contributed by atoms with E-state index in [-0.39, 0.29) is 0 Å². The van der Waals surface area contributed by atoms with Gasteiger partial charge in [-0.15, -0.1) is 0 Å². The average Bonchev–Trinajstić information content (AvgIpc) is 3.00. The van der Waals surface area contributed by atoms with Crippen LogP contribution in [-0.4, -0.2) is 18.8 Å². The highest BCUT2D eigenvalue weighted by Gasteiger charge is 2.27. The molecule has 0 saturated heterocycles. The van der Waals surface area contributed by atoms with Gasteiger partial charge in [0.05, 0.1) is 24.8 Å². The minimum absolute atomic E-state index is 0.387. The third-order valence-electron chi connectivity index (χ3n) is 2.96. The van der Waals surface area contributed by atoms with E-state index in [0.717, 1.165) is 0 Å². The molecule has 0 aliphatic heterocycles. The fourth-order valence-corrected chi connectivity index (χ4v) is 1.98. The lowest BCUT2D eigenvalue weighted by atomic mass is 10.2. The molecule has 1 amide bonds. The molecule has 5 heteroatoms. The van der Waals surface area contributed by atoms with E-state index < -0.39 is 11.7 Å². The number of nitrogens with zero attached hydrogens (tertiary/aromatic N) is 1. The van der Waals surface area contributed by atoms with Crippen molar-refractivity contribution in [1.82, 2.24) is 0 Å². The minimum atomic E-state index is -0.627. The SMILES string of the molecule is C=C(c1ccco1)N(C(=O)OC(C)(C)C)c1cccc(OC)c1. The van der Waals surface area contributed by atoms with Crippen molar-refractivity contribution >= 4 is 17.5 Å². The van der Waals surface area contributed by atoms with Gasteiger partial charge in [-0.3, -0.25) is 0 Å². The quantitative estimate of drug-likeness (QED) is 0.820. The second kappa shape index (κ2) is 6.60. The van der Waals surface area contributed by atoms with Crippen LogP contribution >= 0.6 is 0 Å². The molecule has 0 aliphatic carbocycles. The van der Waals surface area contributed by atoms with Gasteiger partial charge < -0.3 is 13.9 Å². The first-order valence-corrected chi connectivity index (χ1v) is 7.22. The van der Waals surface area contributed by atoms with E-state index in [1.165, 1.54) is 11.2 Å². The number of hydrogen-bond acceptors (Lipinski definition) is 4. The Kier molecular flexibility index (Phi) is 4.79. The summed E-state index contributed by atoms with van der Waals surface area (Å²) in [6.07, 6.45) is 0.992. The number of carbonyl (C=O) groups is 1. The molecule has 0 aliphatic rings. The van der Waals surface area contributed by atoms with Crippen molar-refractivity contribution < 1.29 is 18.7 Å². The molecule has 1 aromatic carbocycles. The molecule has 0 N–H and O–H groups in total.